The number of anilines is 1. The lowest BCUT2D eigenvalue weighted by molar-refractivity contribution is 0.00110. The molecule has 1 saturated heterocycles. The quantitative estimate of drug-likeness (QED) is 0.817. The van der Waals surface area contributed by atoms with Gasteiger partial charge in [0.2, 0.25) is 0 Å². The summed E-state index contributed by atoms with van der Waals surface area (Å²) < 4.78 is 7.00. The van der Waals surface area contributed by atoms with Gasteiger partial charge in [0, 0.05) is 36.4 Å². The summed E-state index contributed by atoms with van der Waals surface area (Å²) >= 11 is 3.56. The van der Waals surface area contributed by atoms with E-state index < -0.39 is 0 Å². The first-order valence-electron chi connectivity index (χ1n) is 7.62. The SMILES string of the molecule is CCCOC1CCCN(CCNc2ccccc2Br)C1. The first-order chi connectivity index (χ1) is 9.79. The van der Waals surface area contributed by atoms with E-state index in [2.05, 4.69) is 51.3 Å². The van der Waals surface area contributed by atoms with Crippen molar-refractivity contribution in [3.8, 4) is 0 Å². The van der Waals surface area contributed by atoms with Gasteiger partial charge in [0.15, 0.2) is 0 Å². The Kier molecular flexibility index (Phi) is 6.83. The zero-order valence-electron chi connectivity index (χ0n) is 12.3. The van der Waals surface area contributed by atoms with Crippen molar-refractivity contribution in [1.82, 2.24) is 4.90 Å². The average molecular weight is 341 g/mol. The van der Waals surface area contributed by atoms with E-state index in [1.807, 2.05) is 6.07 Å². The van der Waals surface area contributed by atoms with Crippen LogP contribution in [0, 0.1) is 0 Å². The number of likely N-dealkylation sites (tertiary alicyclic amines) is 1. The Morgan fingerprint density at radius 3 is 3.05 bits per heavy atom. The van der Waals surface area contributed by atoms with Gasteiger partial charge in [-0.15, -0.1) is 0 Å². The molecule has 0 bridgehead atoms. The van der Waals surface area contributed by atoms with Crippen LogP contribution in [0.3, 0.4) is 0 Å². The summed E-state index contributed by atoms with van der Waals surface area (Å²) in [5.41, 5.74) is 1.17. The monoisotopic (exact) mass is 340 g/mol. The summed E-state index contributed by atoms with van der Waals surface area (Å²) in [7, 11) is 0. The van der Waals surface area contributed by atoms with Crippen LogP contribution in [0.4, 0.5) is 5.69 Å². The van der Waals surface area contributed by atoms with Crippen molar-refractivity contribution in [3.63, 3.8) is 0 Å². The summed E-state index contributed by atoms with van der Waals surface area (Å²) in [6.07, 6.45) is 4.02. The largest absolute Gasteiger partial charge is 0.383 e. The molecular formula is C16H25BrN2O. The molecule has 0 aromatic heterocycles. The Hall–Kier alpha value is -0.580. The molecule has 0 aliphatic carbocycles. The third-order valence-electron chi connectivity index (χ3n) is 3.64. The fraction of sp³-hybridized carbons (Fsp3) is 0.625. The van der Waals surface area contributed by atoms with E-state index in [-0.39, 0.29) is 0 Å². The Labute approximate surface area is 130 Å². The van der Waals surface area contributed by atoms with E-state index in [0.29, 0.717) is 6.10 Å². The molecule has 4 heteroatoms. The maximum atomic E-state index is 5.88. The first kappa shape index (κ1) is 15.8. The van der Waals surface area contributed by atoms with Crippen LogP contribution in [-0.2, 0) is 4.74 Å². The number of hydrogen-bond donors (Lipinski definition) is 1. The number of benzene rings is 1. The highest BCUT2D eigenvalue weighted by atomic mass is 79.9. The second-order valence-electron chi connectivity index (χ2n) is 5.34. The number of para-hydroxylation sites is 1. The highest BCUT2D eigenvalue weighted by Crippen LogP contribution is 2.21. The number of nitrogens with zero attached hydrogens (tertiary/aromatic N) is 1. The van der Waals surface area contributed by atoms with Crippen LogP contribution in [0.2, 0.25) is 0 Å². The zero-order chi connectivity index (χ0) is 14.2. The molecule has 1 fully saturated rings. The average Bonchev–Trinajstić information content (AvgIpc) is 2.48. The molecule has 1 aromatic carbocycles. The minimum Gasteiger partial charge on any atom is -0.383 e. The van der Waals surface area contributed by atoms with Crippen molar-refractivity contribution in [2.24, 2.45) is 0 Å². The highest BCUT2D eigenvalue weighted by molar-refractivity contribution is 9.10. The molecule has 1 heterocycles. The normalized spacial score (nSPS) is 20.0. The molecule has 3 nitrogen and oxygen atoms in total. The van der Waals surface area contributed by atoms with Crippen LogP contribution in [0.15, 0.2) is 28.7 Å². The number of halogens is 1. The van der Waals surface area contributed by atoms with Crippen molar-refractivity contribution in [1.29, 1.82) is 0 Å². The highest BCUT2D eigenvalue weighted by Gasteiger charge is 2.19. The molecule has 1 aliphatic rings. The van der Waals surface area contributed by atoms with Gasteiger partial charge in [-0.3, -0.25) is 4.90 Å². The Balaban J connectivity index is 1.70. The van der Waals surface area contributed by atoms with Gasteiger partial charge < -0.3 is 10.1 Å². The summed E-state index contributed by atoms with van der Waals surface area (Å²) in [6, 6.07) is 8.27. The molecule has 1 atom stereocenters. The van der Waals surface area contributed by atoms with Crippen LogP contribution < -0.4 is 5.32 Å². The molecule has 0 radical (unpaired) electrons. The summed E-state index contributed by atoms with van der Waals surface area (Å²) in [5.74, 6) is 0. The van der Waals surface area contributed by atoms with Gasteiger partial charge in [0.1, 0.15) is 0 Å². The maximum Gasteiger partial charge on any atom is 0.0702 e. The van der Waals surface area contributed by atoms with Crippen LogP contribution >= 0.6 is 15.9 Å². The second kappa shape index (κ2) is 8.65. The molecular weight excluding hydrogens is 316 g/mol. The predicted molar refractivity (Wildman–Crippen MR) is 88.3 cm³/mol. The molecule has 0 amide bonds. The lowest BCUT2D eigenvalue weighted by atomic mass is 10.1. The van der Waals surface area contributed by atoms with E-state index >= 15 is 0 Å². The Morgan fingerprint density at radius 1 is 1.40 bits per heavy atom. The summed E-state index contributed by atoms with van der Waals surface area (Å²) in [5, 5.41) is 3.49. The molecule has 112 valence electrons. The molecule has 1 aliphatic heterocycles. The van der Waals surface area contributed by atoms with Crippen LogP contribution in [0.5, 0.6) is 0 Å². The molecule has 1 aromatic rings. The minimum absolute atomic E-state index is 0.437. The van der Waals surface area contributed by atoms with Gasteiger partial charge in [-0.05, 0) is 53.9 Å². The van der Waals surface area contributed by atoms with E-state index in [0.717, 1.165) is 37.1 Å². The van der Waals surface area contributed by atoms with Gasteiger partial charge in [-0.2, -0.15) is 0 Å². The van der Waals surface area contributed by atoms with Gasteiger partial charge in [0.05, 0.1) is 6.10 Å². The van der Waals surface area contributed by atoms with Crippen molar-refractivity contribution >= 4 is 21.6 Å². The third kappa shape index (κ3) is 5.08. The summed E-state index contributed by atoms with van der Waals surface area (Å²) in [6.45, 7) is 7.40. The van der Waals surface area contributed by atoms with Crippen molar-refractivity contribution in [3.05, 3.63) is 28.7 Å². The van der Waals surface area contributed by atoms with E-state index in [4.69, 9.17) is 4.74 Å². The number of hydrogen-bond acceptors (Lipinski definition) is 3. The number of nitrogens with one attached hydrogen (secondary N) is 1. The fourth-order valence-electron chi connectivity index (χ4n) is 2.59. The number of piperidine rings is 1. The maximum absolute atomic E-state index is 5.88. The van der Waals surface area contributed by atoms with E-state index in [1.54, 1.807) is 0 Å². The van der Waals surface area contributed by atoms with Crippen molar-refractivity contribution in [2.45, 2.75) is 32.3 Å². The van der Waals surface area contributed by atoms with Gasteiger partial charge in [-0.25, -0.2) is 0 Å². The van der Waals surface area contributed by atoms with E-state index in [9.17, 15) is 0 Å². The first-order valence-corrected chi connectivity index (χ1v) is 8.41. The third-order valence-corrected chi connectivity index (χ3v) is 4.33. The lowest BCUT2D eigenvalue weighted by Crippen LogP contribution is -2.41. The van der Waals surface area contributed by atoms with E-state index in [1.165, 1.54) is 25.1 Å². The standard InChI is InChI=1S/C16H25BrN2O/c1-2-12-20-14-6-5-10-19(13-14)11-9-18-16-8-4-3-7-15(16)17/h3-4,7-8,14,18H,2,5-6,9-13H2,1H3. The second-order valence-corrected chi connectivity index (χ2v) is 6.20. The van der Waals surface area contributed by atoms with Crippen LogP contribution in [0.1, 0.15) is 26.2 Å². The summed E-state index contributed by atoms with van der Waals surface area (Å²) in [4.78, 5) is 2.51. The Morgan fingerprint density at radius 2 is 2.25 bits per heavy atom. The van der Waals surface area contributed by atoms with Gasteiger partial charge >= 0.3 is 0 Å². The van der Waals surface area contributed by atoms with Crippen LogP contribution in [0.25, 0.3) is 0 Å². The topological polar surface area (TPSA) is 24.5 Å². The van der Waals surface area contributed by atoms with Gasteiger partial charge in [-0.1, -0.05) is 19.1 Å². The molecule has 0 saturated carbocycles. The predicted octanol–water partition coefficient (Wildman–Crippen LogP) is 3.75. The molecule has 20 heavy (non-hydrogen) atoms. The smallest absolute Gasteiger partial charge is 0.0702 e. The van der Waals surface area contributed by atoms with Crippen molar-refractivity contribution in [2.75, 3.05) is 38.1 Å². The van der Waals surface area contributed by atoms with Crippen LogP contribution in [-0.4, -0.2) is 43.8 Å². The van der Waals surface area contributed by atoms with Gasteiger partial charge in [0.25, 0.3) is 0 Å². The van der Waals surface area contributed by atoms with Crippen molar-refractivity contribution < 1.29 is 4.74 Å². The zero-order valence-corrected chi connectivity index (χ0v) is 13.9. The number of rotatable bonds is 7. The lowest BCUT2D eigenvalue weighted by Gasteiger charge is -2.32. The molecule has 0 spiro atoms. The molecule has 1 N–H and O–H groups in total. The fourth-order valence-corrected chi connectivity index (χ4v) is 3.01. The minimum atomic E-state index is 0.437. The number of ether oxygens (including phenoxy) is 1. The molecule has 2 rings (SSSR count). The molecule has 1 unspecified atom stereocenters. The Bertz CT molecular complexity index is 400.